The molecule has 10 heteroatoms. The van der Waals surface area contributed by atoms with E-state index < -0.39 is 0 Å². The normalized spacial score (nSPS) is 28.5. The average Bonchev–Trinajstić information content (AvgIpc) is 3.29. The SMILES string of the molecule is CC1Cc2cc(C3CN4CCN(C(=O)C5CCc6cc([N+]7=NN=C7)ncc65)CC4CO3)ccc2C(=O)O1. The number of aryl methyl sites for hydroxylation is 1. The van der Waals surface area contributed by atoms with Crippen LogP contribution in [0.1, 0.15) is 58.0 Å². The van der Waals surface area contributed by atoms with Crippen LogP contribution in [0.25, 0.3) is 0 Å². The van der Waals surface area contributed by atoms with Crippen molar-refractivity contribution in [3.05, 3.63) is 58.3 Å². The summed E-state index contributed by atoms with van der Waals surface area (Å²) < 4.78 is 13.3. The smallest absolute Gasteiger partial charge is 0.338 e. The first kappa shape index (κ1) is 22.7. The molecule has 4 unspecified atom stereocenters. The molecule has 0 N–H and O–H groups in total. The van der Waals surface area contributed by atoms with Gasteiger partial charge in [0.2, 0.25) is 12.2 Å². The lowest BCUT2D eigenvalue weighted by Gasteiger charge is -2.46. The van der Waals surface area contributed by atoms with Gasteiger partial charge in [-0.2, -0.15) is 0 Å². The predicted molar refractivity (Wildman–Crippen MR) is 132 cm³/mol. The van der Waals surface area contributed by atoms with E-state index in [9.17, 15) is 9.59 Å². The third kappa shape index (κ3) is 3.95. The lowest BCUT2D eigenvalue weighted by molar-refractivity contribution is -0.409. The fourth-order valence-corrected chi connectivity index (χ4v) is 6.26. The molecule has 0 radical (unpaired) electrons. The van der Waals surface area contributed by atoms with Crippen LogP contribution >= 0.6 is 0 Å². The molecule has 2 fully saturated rings. The number of rotatable bonds is 3. The van der Waals surface area contributed by atoms with Gasteiger partial charge in [0.1, 0.15) is 6.10 Å². The van der Waals surface area contributed by atoms with Gasteiger partial charge in [0.25, 0.3) is 5.82 Å². The van der Waals surface area contributed by atoms with Gasteiger partial charge in [0.15, 0.2) is 0 Å². The van der Waals surface area contributed by atoms with Crippen LogP contribution in [-0.4, -0.2) is 82.6 Å². The minimum absolute atomic E-state index is 0.0396. The molecule has 1 aliphatic carbocycles. The second-order valence-corrected chi connectivity index (χ2v) is 10.6. The number of esters is 1. The lowest BCUT2D eigenvalue weighted by Crippen LogP contribution is -2.60. The molecule has 1 amide bonds. The predicted octanol–water partition coefficient (Wildman–Crippen LogP) is 2.55. The van der Waals surface area contributed by atoms with Crippen molar-refractivity contribution in [2.45, 2.75) is 50.4 Å². The highest BCUT2D eigenvalue weighted by Gasteiger charge is 2.39. The molecular weight excluding hydrogens is 472 g/mol. The number of ether oxygens (including phenoxy) is 2. The Morgan fingerprint density at radius 1 is 1.16 bits per heavy atom. The number of fused-ring (bicyclic) bond motifs is 3. The molecule has 4 aliphatic heterocycles. The summed E-state index contributed by atoms with van der Waals surface area (Å²) in [5, 5.41) is 7.65. The molecule has 1 aromatic carbocycles. The molecule has 10 nitrogen and oxygen atoms in total. The van der Waals surface area contributed by atoms with E-state index in [1.165, 1.54) is 5.56 Å². The summed E-state index contributed by atoms with van der Waals surface area (Å²) in [7, 11) is 0. The maximum absolute atomic E-state index is 13.5. The number of nitrogens with zero attached hydrogens (tertiary/aromatic N) is 6. The van der Waals surface area contributed by atoms with Crippen LogP contribution in [0.3, 0.4) is 0 Å². The summed E-state index contributed by atoms with van der Waals surface area (Å²) >= 11 is 0. The van der Waals surface area contributed by atoms with E-state index in [1.807, 2.05) is 36.2 Å². The molecule has 0 spiro atoms. The summed E-state index contributed by atoms with van der Waals surface area (Å²) in [5.41, 5.74) is 5.01. The number of benzene rings is 1. The Bertz CT molecular complexity index is 1360. The quantitative estimate of drug-likeness (QED) is 0.474. The first-order valence-corrected chi connectivity index (χ1v) is 13.0. The van der Waals surface area contributed by atoms with Crippen LogP contribution < -0.4 is 0 Å². The minimum atomic E-state index is -0.243. The summed E-state index contributed by atoms with van der Waals surface area (Å²) in [4.78, 5) is 34.7. The Morgan fingerprint density at radius 2 is 2.05 bits per heavy atom. The van der Waals surface area contributed by atoms with Crippen LogP contribution in [-0.2, 0) is 27.1 Å². The Morgan fingerprint density at radius 3 is 2.89 bits per heavy atom. The highest BCUT2D eigenvalue weighted by atomic mass is 16.5. The molecular formula is C27H29N6O4+. The molecule has 2 aromatic rings. The number of aromatic nitrogens is 1. The molecule has 7 rings (SSSR count). The van der Waals surface area contributed by atoms with Crippen molar-refractivity contribution in [1.29, 1.82) is 0 Å². The van der Waals surface area contributed by atoms with Gasteiger partial charge in [-0.1, -0.05) is 16.8 Å². The number of hydrogen-bond donors (Lipinski definition) is 0. The van der Waals surface area contributed by atoms with Gasteiger partial charge >= 0.3 is 5.97 Å². The highest BCUT2D eigenvalue weighted by molar-refractivity contribution is 5.92. The molecule has 0 saturated carbocycles. The van der Waals surface area contributed by atoms with E-state index in [0.717, 1.165) is 61.4 Å². The van der Waals surface area contributed by atoms with Gasteiger partial charge in [-0.05, 0) is 53.2 Å². The standard InChI is InChI=1S/C27H29N6O4/c1-16-8-19-9-18(3-4-21(19)27(35)37-16)24-13-31-6-7-32(12-20(31)14-36-24)26(34)22-5-2-17-10-25(28-11-23(17)22)33-15-29-30-33/h3-4,9-11,15-16,20,22,24H,2,5-8,12-14H2,1H3/q+1. The average molecular weight is 502 g/mol. The fraction of sp³-hybridized carbons (Fsp3) is 0.481. The maximum Gasteiger partial charge on any atom is 0.338 e. The highest BCUT2D eigenvalue weighted by Crippen LogP contribution is 2.37. The zero-order chi connectivity index (χ0) is 25.1. The molecule has 190 valence electrons. The molecule has 4 atom stereocenters. The van der Waals surface area contributed by atoms with Crippen molar-refractivity contribution in [3.63, 3.8) is 0 Å². The van der Waals surface area contributed by atoms with E-state index in [-0.39, 0.29) is 36.0 Å². The number of hydrogen-bond acceptors (Lipinski definition) is 8. The van der Waals surface area contributed by atoms with E-state index in [0.29, 0.717) is 18.7 Å². The molecule has 5 heterocycles. The van der Waals surface area contributed by atoms with Crippen molar-refractivity contribution in [2.75, 3.05) is 32.8 Å². The van der Waals surface area contributed by atoms with Gasteiger partial charge in [0, 0.05) is 43.9 Å². The number of carbonyl (C=O) groups excluding carboxylic acids is 2. The third-order valence-electron chi connectivity index (χ3n) is 8.27. The molecule has 37 heavy (non-hydrogen) atoms. The molecule has 2 saturated heterocycles. The maximum atomic E-state index is 13.5. The lowest BCUT2D eigenvalue weighted by atomic mass is 9.94. The largest absolute Gasteiger partial charge is 0.459 e. The van der Waals surface area contributed by atoms with Gasteiger partial charge in [-0.25, -0.2) is 4.79 Å². The third-order valence-corrected chi connectivity index (χ3v) is 8.27. The Hall–Kier alpha value is -3.50. The first-order chi connectivity index (χ1) is 18.0. The van der Waals surface area contributed by atoms with Crippen molar-refractivity contribution >= 4 is 24.0 Å². The van der Waals surface area contributed by atoms with Gasteiger partial charge in [0.05, 0.1) is 36.4 Å². The summed E-state index contributed by atoms with van der Waals surface area (Å²) in [6.07, 6.45) is 5.75. The van der Waals surface area contributed by atoms with Crippen LogP contribution in [0.2, 0.25) is 0 Å². The van der Waals surface area contributed by atoms with Gasteiger partial charge in [-0.15, -0.1) is 4.98 Å². The van der Waals surface area contributed by atoms with E-state index >= 15 is 0 Å². The van der Waals surface area contributed by atoms with Crippen molar-refractivity contribution in [2.24, 2.45) is 10.3 Å². The van der Waals surface area contributed by atoms with Crippen LogP contribution in [0.15, 0.2) is 40.8 Å². The van der Waals surface area contributed by atoms with Gasteiger partial charge < -0.3 is 14.4 Å². The number of morpholine rings is 1. The minimum Gasteiger partial charge on any atom is -0.459 e. The van der Waals surface area contributed by atoms with Crippen molar-refractivity contribution in [1.82, 2.24) is 14.8 Å². The monoisotopic (exact) mass is 501 g/mol. The summed E-state index contributed by atoms with van der Waals surface area (Å²) in [6.45, 7) is 5.52. The zero-order valence-corrected chi connectivity index (χ0v) is 20.7. The summed E-state index contributed by atoms with van der Waals surface area (Å²) in [6, 6.07) is 8.18. The first-order valence-electron chi connectivity index (χ1n) is 13.0. The van der Waals surface area contributed by atoms with E-state index in [2.05, 4.69) is 26.3 Å². The van der Waals surface area contributed by atoms with E-state index in [1.54, 1.807) is 11.0 Å². The van der Waals surface area contributed by atoms with Crippen molar-refractivity contribution < 1.29 is 23.8 Å². The fourth-order valence-electron chi connectivity index (χ4n) is 6.26. The second kappa shape index (κ2) is 8.81. The Kier molecular flexibility index (Phi) is 5.40. The second-order valence-electron chi connectivity index (χ2n) is 10.6. The zero-order valence-electron chi connectivity index (χ0n) is 20.7. The van der Waals surface area contributed by atoms with Gasteiger partial charge in [-0.3, -0.25) is 9.69 Å². The van der Waals surface area contributed by atoms with E-state index in [4.69, 9.17) is 9.47 Å². The number of carbonyl (C=O) groups is 2. The number of amides is 1. The topological polar surface area (TPSA) is 99.7 Å². The molecule has 0 bridgehead atoms. The van der Waals surface area contributed by atoms with Crippen LogP contribution in [0, 0.1) is 0 Å². The van der Waals surface area contributed by atoms with Crippen LogP contribution in [0.4, 0.5) is 5.82 Å². The number of piperazine rings is 1. The number of pyridine rings is 1. The Labute approximate surface area is 214 Å². The molecule has 5 aliphatic rings. The summed E-state index contributed by atoms with van der Waals surface area (Å²) in [5.74, 6) is 0.568. The van der Waals surface area contributed by atoms with Crippen LogP contribution in [0.5, 0.6) is 0 Å². The Balaban J connectivity index is 1.00. The number of cyclic esters (lactones) is 1. The van der Waals surface area contributed by atoms with Crippen molar-refractivity contribution in [3.8, 4) is 0 Å². The molecule has 1 aromatic heterocycles.